The Morgan fingerprint density at radius 1 is 1.22 bits per heavy atom. The standard InChI is InChI=1S/C16H26BrN/c1-4-7-8-13(5-2)12-18-16-10-9-15(17)11-14(16)6-3/h9-11,13,18H,4-8,12H2,1-3H3. The molecule has 18 heavy (non-hydrogen) atoms. The van der Waals surface area contributed by atoms with Crippen LogP contribution in [-0.4, -0.2) is 6.54 Å². The number of halogens is 1. The molecule has 1 nitrogen and oxygen atoms in total. The number of anilines is 1. The molecular formula is C16H26BrN. The molecule has 1 rings (SSSR count). The monoisotopic (exact) mass is 311 g/mol. The van der Waals surface area contributed by atoms with Crippen molar-refractivity contribution in [1.82, 2.24) is 0 Å². The van der Waals surface area contributed by atoms with Gasteiger partial charge in [-0.15, -0.1) is 0 Å². The lowest BCUT2D eigenvalue weighted by atomic mass is 9.99. The highest BCUT2D eigenvalue weighted by atomic mass is 79.9. The van der Waals surface area contributed by atoms with Crippen molar-refractivity contribution in [2.75, 3.05) is 11.9 Å². The Morgan fingerprint density at radius 3 is 2.61 bits per heavy atom. The largest absolute Gasteiger partial charge is 0.385 e. The van der Waals surface area contributed by atoms with Crippen LogP contribution in [0.25, 0.3) is 0 Å². The maximum Gasteiger partial charge on any atom is 0.0373 e. The minimum Gasteiger partial charge on any atom is -0.385 e. The van der Waals surface area contributed by atoms with Gasteiger partial charge in [0.2, 0.25) is 0 Å². The van der Waals surface area contributed by atoms with Crippen LogP contribution < -0.4 is 5.32 Å². The van der Waals surface area contributed by atoms with Crippen LogP contribution in [0.4, 0.5) is 5.69 Å². The molecule has 0 saturated carbocycles. The van der Waals surface area contributed by atoms with Gasteiger partial charge in [0.05, 0.1) is 0 Å². The van der Waals surface area contributed by atoms with E-state index in [1.807, 2.05) is 0 Å². The zero-order valence-corrected chi connectivity index (χ0v) is 13.5. The van der Waals surface area contributed by atoms with E-state index in [2.05, 4.69) is 60.2 Å². The Balaban J connectivity index is 2.56. The zero-order valence-electron chi connectivity index (χ0n) is 11.9. The van der Waals surface area contributed by atoms with Crippen LogP contribution in [0.5, 0.6) is 0 Å². The maximum atomic E-state index is 3.63. The SMILES string of the molecule is CCCCC(CC)CNc1ccc(Br)cc1CC. The summed E-state index contributed by atoms with van der Waals surface area (Å²) in [7, 11) is 0. The fourth-order valence-corrected chi connectivity index (χ4v) is 2.63. The minimum atomic E-state index is 0.804. The van der Waals surface area contributed by atoms with Crippen molar-refractivity contribution in [2.24, 2.45) is 5.92 Å². The number of rotatable bonds is 8. The molecule has 0 saturated heterocycles. The van der Waals surface area contributed by atoms with Gasteiger partial charge in [-0.2, -0.15) is 0 Å². The molecule has 0 fully saturated rings. The molecule has 0 aromatic heterocycles. The lowest BCUT2D eigenvalue weighted by molar-refractivity contribution is 0.472. The molecule has 1 atom stereocenters. The molecule has 0 heterocycles. The Morgan fingerprint density at radius 2 is 2.00 bits per heavy atom. The molecule has 0 bridgehead atoms. The van der Waals surface area contributed by atoms with Crippen molar-refractivity contribution in [3.05, 3.63) is 28.2 Å². The summed E-state index contributed by atoms with van der Waals surface area (Å²) in [4.78, 5) is 0. The average molecular weight is 312 g/mol. The number of nitrogens with one attached hydrogen (secondary N) is 1. The van der Waals surface area contributed by atoms with E-state index in [4.69, 9.17) is 0 Å². The molecule has 0 aliphatic heterocycles. The quantitative estimate of drug-likeness (QED) is 0.655. The highest BCUT2D eigenvalue weighted by Crippen LogP contribution is 2.22. The first-order valence-electron chi connectivity index (χ1n) is 7.23. The van der Waals surface area contributed by atoms with E-state index >= 15 is 0 Å². The molecule has 1 aromatic carbocycles. The van der Waals surface area contributed by atoms with Gasteiger partial charge in [0.25, 0.3) is 0 Å². The van der Waals surface area contributed by atoms with E-state index < -0.39 is 0 Å². The van der Waals surface area contributed by atoms with Gasteiger partial charge >= 0.3 is 0 Å². The summed E-state index contributed by atoms with van der Waals surface area (Å²) in [5, 5.41) is 3.63. The van der Waals surface area contributed by atoms with Crippen LogP contribution >= 0.6 is 15.9 Å². The molecular weight excluding hydrogens is 286 g/mol. The molecule has 0 radical (unpaired) electrons. The lowest BCUT2D eigenvalue weighted by Crippen LogP contribution is -2.14. The summed E-state index contributed by atoms with van der Waals surface area (Å²) in [6.07, 6.45) is 6.34. The Kier molecular flexibility index (Phi) is 7.41. The van der Waals surface area contributed by atoms with E-state index in [1.54, 1.807) is 0 Å². The van der Waals surface area contributed by atoms with Gasteiger partial charge in [-0.1, -0.05) is 56.0 Å². The summed E-state index contributed by atoms with van der Waals surface area (Å²) < 4.78 is 1.17. The van der Waals surface area contributed by atoms with E-state index in [0.717, 1.165) is 18.9 Å². The molecule has 102 valence electrons. The van der Waals surface area contributed by atoms with Crippen LogP contribution in [-0.2, 0) is 6.42 Å². The van der Waals surface area contributed by atoms with Crippen molar-refractivity contribution >= 4 is 21.6 Å². The van der Waals surface area contributed by atoms with Crippen LogP contribution in [0.2, 0.25) is 0 Å². The van der Waals surface area contributed by atoms with Gasteiger partial charge in [0.15, 0.2) is 0 Å². The highest BCUT2D eigenvalue weighted by Gasteiger charge is 2.07. The second kappa shape index (κ2) is 8.58. The van der Waals surface area contributed by atoms with Gasteiger partial charge < -0.3 is 5.32 Å². The first kappa shape index (κ1) is 15.6. The van der Waals surface area contributed by atoms with Crippen LogP contribution in [0, 0.1) is 5.92 Å². The van der Waals surface area contributed by atoms with Crippen molar-refractivity contribution in [1.29, 1.82) is 0 Å². The fourth-order valence-electron chi connectivity index (χ4n) is 2.22. The second-order valence-corrected chi connectivity index (χ2v) is 5.87. The van der Waals surface area contributed by atoms with Crippen LogP contribution in [0.1, 0.15) is 52.0 Å². The molecule has 1 N–H and O–H groups in total. The Hall–Kier alpha value is -0.500. The molecule has 1 unspecified atom stereocenters. The maximum absolute atomic E-state index is 3.63. The molecule has 1 aromatic rings. The molecule has 0 aliphatic carbocycles. The summed E-state index contributed by atoms with van der Waals surface area (Å²) in [6.45, 7) is 7.88. The summed E-state index contributed by atoms with van der Waals surface area (Å²) in [5.41, 5.74) is 2.70. The third-order valence-corrected chi connectivity index (χ3v) is 4.07. The first-order chi connectivity index (χ1) is 8.71. The number of aryl methyl sites for hydroxylation is 1. The topological polar surface area (TPSA) is 12.0 Å². The Labute approximate surface area is 120 Å². The number of hydrogen-bond donors (Lipinski definition) is 1. The normalized spacial score (nSPS) is 12.4. The predicted molar refractivity (Wildman–Crippen MR) is 85.3 cm³/mol. The summed E-state index contributed by atoms with van der Waals surface area (Å²) >= 11 is 3.54. The minimum absolute atomic E-state index is 0.804. The average Bonchev–Trinajstić information content (AvgIpc) is 2.40. The van der Waals surface area contributed by atoms with Crippen LogP contribution in [0.3, 0.4) is 0 Å². The third-order valence-electron chi connectivity index (χ3n) is 3.57. The van der Waals surface area contributed by atoms with Crippen molar-refractivity contribution in [2.45, 2.75) is 52.9 Å². The summed E-state index contributed by atoms with van der Waals surface area (Å²) in [6, 6.07) is 6.53. The molecule has 0 spiro atoms. The van der Waals surface area contributed by atoms with Crippen molar-refractivity contribution in [3.63, 3.8) is 0 Å². The lowest BCUT2D eigenvalue weighted by Gasteiger charge is -2.18. The smallest absolute Gasteiger partial charge is 0.0373 e. The summed E-state index contributed by atoms with van der Waals surface area (Å²) in [5.74, 6) is 0.804. The number of unbranched alkanes of at least 4 members (excludes halogenated alkanes) is 1. The van der Waals surface area contributed by atoms with Crippen LogP contribution in [0.15, 0.2) is 22.7 Å². The van der Waals surface area contributed by atoms with Gasteiger partial charge in [-0.05, 0) is 42.5 Å². The second-order valence-electron chi connectivity index (χ2n) is 4.95. The van der Waals surface area contributed by atoms with Crippen molar-refractivity contribution < 1.29 is 0 Å². The van der Waals surface area contributed by atoms with Gasteiger partial charge in [0, 0.05) is 16.7 Å². The van der Waals surface area contributed by atoms with E-state index in [-0.39, 0.29) is 0 Å². The fraction of sp³-hybridized carbons (Fsp3) is 0.625. The van der Waals surface area contributed by atoms with Gasteiger partial charge in [-0.3, -0.25) is 0 Å². The number of benzene rings is 1. The van der Waals surface area contributed by atoms with E-state index in [0.29, 0.717) is 0 Å². The van der Waals surface area contributed by atoms with E-state index in [9.17, 15) is 0 Å². The highest BCUT2D eigenvalue weighted by molar-refractivity contribution is 9.10. The van der Waals surface area contributed by atoms with E-state index in [1.165, 1.54) is 41.4 Å². The predicted octanol–water partition coefficient (Wildman–Crippen LogP) is 5.64. The van der Waals surface area contributed by atoms with Gasteiger partial charge in [-0.25, -0.2) is 0 Å². The molecule has 2 heteroatoms. The molecule has 0 aliphatic rings. The third kappa shape index (κ3) is 5.01. The first-order valence-corrected chi connectivity index (χ1v) is 8.02. The molecule has 0 amide bonds. The number of hydrogen-bond acceptors (Lipinski definition) is 1. The van der Waals surface area contributed by atoms with Gasteiger partial charge in [0.1, 0.15) is 0 Å². The van der Waals surface area contributed by atoms with Crippen molar-refractivity contribution in [3.8, 4) is 0 Å². The zero-order chi connectivity index (χ0) is 13.4. The Bertz CT molecular complexity index is 349.